The molecule has 1 saturated heterocycles. The van der Waals surface area contributed by atoms with Crippen molar-refractivity contribution in [3.8, 4) is 5.75 Å². The lowest BCUT2D eigenvalue weighted by molar-refractivity contribution is -0.140. The van der Waals surface area contributed by atoms with Gasteiger partial charge in [0.25, 0.3) is 11.7 Å². The number of ketones is 1. The van der Waals surface area contributed by atoms with Crippen LogP contribution < -0.4 is 4.74 Å². The maximum Gasteiger partial charge on any atom is 0.295 e. The van der Waals surface area contributed by atoms with Crippen molar-refractivity contribution in [2.24, 2.45) is 0 Å². The van der Waals surface area contributed by atoms with Crippen molar-refractivity contribution in [3.05, 3.63) is 87.9 Å². The molecule has 3 heterocycles. The number of carbonyl (C=O) groups is 2. The van der Waals surface area contributed by atoms with Crippen LogP contribution in [0.2, 0.25) is 0 Å². The number of benzene rings is 1. The zero-order valence-corrected chi connectivity index (χ0v) is 18.5. The molecule has 0 saturated carbocycles. The van der Waals surface area contributed by atoms with Gasteiger partial charge in [0.1, 0.15) is 11.5 Å². The molecule has 1 fully saturated rings. The molecule has 6 nitrogen and oxygen atoms in total. The van der Waals surface area contributed by atoms with E-state index in [9.17, 15) is 14.7 Å². The van der Waals surface area contributed by atoms with Gasteiger partial charge in [-0.05, 0) is 47.7 Å². The van der Waals surface area contributed by atoms with Crippen molar-refractivity contribution >= 4 is 28.8 Å². The van der Waals surface area contributed by atoms with Crippen LogP contribution in [-0.2, 0) is 16.1 Å². The first-order valence-electron chi connectivity index (χ1n) is 10.5. The van der Waals surface area contributed by atoms with Crippen molar-refractivity contribution in [2.75, 3.05) is 6.61 Å². The number of likely N-dealkylation sites (tertiary alicyclic amines) is 1. The number of unbranched alkanes of at least 4 members (excludes halogenated alkanes) is 1. The minimum atomic E-state index is -0.688. The molecule has 1 amide bonds. The SMILES string of the molecule is CCCCOc1cccc(/C(O)=C2\C(=O)C(=O)N(Cc3ccncc3)C2c2cccs2)c1. The van der Waals surface area contributed by atoms with Crippen molar-refractivity contribution in [3.63, 3.8) is 0 Å². The highest BCUT2D eigenvalue weighted by atomic mass is 32.1. The molecule has 1 aliphatic rings. The first-order valence-corrected chi connectivity index (χ1v) is 11.4. The van der Waals surface area contributed by atoms with Gasteiger partial charge in [0, 0.05) is 29.4 Å². The molecule has 2 aromatic heterocycles. The van der Waals surface area contributed by atoms with Crippen LogP contribution in [-0.4, -0.2) is 33.3 Å². The van der Waals surface area contributed by atoms with Gasteiger partial charge in [-0.2, -0.15) is 0 Å². The number of hydrogen-bond donors (Lipinski definition) is 1. The summed E-state index contributed by atoms with van der Waals surface area (Å²) >= 11 is 1.44. The Hall–Kier alpha value is -3.45. The van der Waals surface area contributed by atoms with Gasteiger partial charge in [-0.3, -0.25) is 14.6 Å². The molecule has 32 heavy (non-hydrogen) atoms. The average molecular weight is 449 g/mol. The largest absolute Gasteiger partial charge is 0.507 e. The Morgan fingerprint density at radius 1 is 1.16 bits per heavy atom. The number of nitrogens with zero attached hydrogens (tertiary/aromatic N) is 2. The van der Waals surface area contributed by atoms with Gasteiger partial charge in [0.2, 0.25) is 0 Å². The van der Waals surface area contributed by atoms with Crippen LogP contribution in [0.25, 0.3) is 5.76 Å². The first kappa shape index (κ1) is 21.8. The third-order valence-corrected chi connectivity index (χ3v) is 6.25. The molecular formula is C25H24N2O4S. The Morgan fingerprint density at radius 3 is 2.69 bits per heavy atom. The van der Waals surface area contributed by atoms with Crippen LogP contribution in [0.1, 0.15) is 41.8 Å². The fourth-order valence-corrected chi connectivity index (χ4v) is 4.54. The van der Waals surface area contributed by atoms with Gasteiger partial charge in [0.15, 0.2) is 0 Å². The normalized spacial score (nSPS) is 17.7. The Morgan fingerprint density at radius 2 is 1.97 bits per heavy atom. The van der Waals surface area contributed by atoms with E-state index in [1.165, 1.54) is 16.2 Å². The minimum absolute atomic E-state index is 0.0946. The summed E-state index contributed by atoms with van der Waals surface area (Å²) in [5.41, 5.74) is 1.40. The summed E-state index contributed by atoms with van der Waals surface area (Å²) in [6.07, 6.45) is 5.24. The number of hydrogen-bond acceptors (Lipinski definition) is 6. The number of ether oxygens (including phenoxy) is 1. The number of rotatable bonds is 8. The van der Waals surface area contributed by atoms with Gasteiger partial charge < -0.3 is 14.7 Å². The van der Waals surface area contributed by atoms with Crippen LogP contribution in [0.5, 0.6) is 5.75 Å². The number of Topliss-reactive ketones (excluding diaryl/α,β-unsaturated/α-hetero) is 1. The Labute approximate surface area is 190 Å². The van der Waals surface area contributed by atoms with Crippen molar-refractivity contribution in [1.82, 2.24) is 9.88 Å². The fourth-order valence-electron chi connectivity index (χ4n) is 3.69. The Balaban J connectivity index is 1.74. The van der Waals surface area contributed by atoms with Gasteiger partial charge in [-0.15, -0.1) is 11.3 Å². The average Bonchev–Trinajstić information content (AvgIpc) is 3.43. The number of carbonyl (C=O) groups excluding carboxylic acids is 2. The fraction of sp³-hybridized carbons (Fsp3) is 0.240. The quantitative estimate of drug-likeness (QED) is 0.228. The van der Waals surface area contributed by atoms with Crippen LogP contribution in [0.15, 0.2) is 71.9 Å². The molecule has 3 aromatic rings. The number of thiophene rings is 1. The molecule has 0 spiro atoms. The Kier molecular flexibility index (Phi) is 6.66. The molecule has 0 radical (unpaired) electrons. The van der Waals surface area contributed by atoms with E-state index < -0.39 is 17.7 Å². The number of aliphatic hydroxyl groups excluding tert-OH is 1. The highest BCUT2D eigenvalue weighted by molar-refractivity contribution is 7.10. The number of aliphatic hydroxyl groups is 1. The molecular weight excluding hydrogens is 424 g/mol. The van der Waals surface area contributed by atoms with E-state index in [4.69, 9.17) is 4.74 Å². The summed E-state index contributed by atoms with van der Waals surface area (Å²) in [7, 11) is 0. The lowest BCUT2D eigenvalue weighted by Gasteiger charge is -2.24. The molecule has 164 valence electrons. The van der Waals surface area contributed by atoms with Gasteiger partial charge in [0.05, 0.1) is 18.2 Å². The van der Waals surface area contributed by atoms with Gasteiger partial charge in [-0.25, -0.2) is 0 Å². The molecule has 0 aliphatic carbocycles. The molecule has 7 heteroatoms. The second-order valence-electron chi connectivity index (χ2n) is 7.53. The van der Waals surface area contributed by atoms with Crippen LogP contribution in [0.3, 0.4) is 0 Å². The summed E-state index contributed by atoms with van der Waals surface area (Å²) in [6, 6.07) is 13.7. The summed E-state index contributed by atoms with van der Waals surface area (Å²) in [4.78, 5) is 32.4. The van der Waals surface area contributed by atoms with E-state index in [1.807, 2.05) is 35.7 Å². The summed E-state index contributed by atoms with van der Waals surface area (Å²) < 4.78 is 5.75. The summed E-state index contributed by atoms with van der Waals surface area (Å²) in [6.45, 7) is 2.90. The molecule has 1 N–H and O–H groups in total. The first-order chi connectivity index (χ1) is 15.6. The smallest absolute Gasteiger partial charge is 0.295 e. The number of pyridine rings is 1. The maximum absolute atomic E-state index is 13.1. The number of aromatic nitrogens is 1. The lowest BCUT2D eigenvalue weighted by atomic mass is 9.99. The second kappa shape index (κ2) is 9.78. The topological polar surface area (TPSA) is 79.7 Å². The molecule has 0 bridgehead atoms. The summed E-state index contributed by atoms with van der Waals surface area (Å²) in [5.74, 6) is -0.898. The molecule has 1 aliphatic heterocycles. The van der Waals surface area contributed by atoms with Gasteiger partial charge in [-0.1, -0.05) is 31.5 Å². The molecule has 1 aromatic carbocycles. The van der Waals surface area contributed by atoms with Crippen molar-refractivity contribution < 1.29 is 19.4 Å². The standard InChI is InChI=1S/C25H24N2O4S/c1-2-3-13-31-19-7-4-6-18(15-19)23(28)21-22(20-8-5-14-32-20)27(25(30)24(21)29)16-17-9-11-26-12-10-17/h4-12,14-15,22,28H,2-3,13,16H2,1H3/b23-21+. The lowest BCUT2D eigenvalue weighted by Crippen LogP contribution is -2.28. The van der Waals surface area contributed by atoms with Crippen molar-refractivity contribution in [2.45, 2.75) is 32.4 Å². The summed E-state index contributed by atoms with van der Waals surface area (Å²) in [5, 5.41) is 13.1. The zero-order chi connectivity index (χ0) is 22.5. The van der Waals surface area contributed by atoms with Crippen LogP contribution in [0, 0.1) is 0 Å². The van der Waals surface area contributed by atoms with Crippen LogP contribution in [0.4, 0.5) is 0 Å². The second-order valence-corrected chi connectivity index (χ2v) is 8.51. The van der Waals surface area contributed by atoms with Crippen molar-refractivity contribution in [1.29, 1.82) is 0 Å². The molecule has 1 unspecified atom stereocenters. The minimum Gasteiger partial charge on any atom is -0.507 e. The molecule has 4 rings (SSSR count). The van der Waals surface area contributed by atoms with E-state index in [0.29, 0.717) is 17.9 Å². The number of amides is 1. The highest BCUT2D eigenvalue weighted by Crippen LogP contribution is 2.42. The van der Waals surface area contributed by atoms with E-state index >= 15 is 0 Å². The van der Waals surface area contributed by atoms with Gasteiger partial charge >= 0.3 is 0 Å². The molecule has 1 atom stereocenters. The highest BCUT2D eigenvalue weighted by Gasteiger charge is 2.46. The van der Waals surface area contributed by atoms with E-state index in [0.717, 1.165) is 23.3 Å². The third-order valence-electron chi connectivity index (χ3n) is 5.33. The van der Waals surface area contributed by atoms with Crippen LogP contribution >= 0.6 is 11.3 Å². The zero-order valence-electron chi connectivity index (χ0n) is 17.7. The Bertz CT molecular complexity index is 1130. The predicted molar refractivity (Wildman–Crippen MR) is 123 cm³/mol. The third kappa shape index (κ3) is 4.43. The van der Waals surface area contributed by atoms with E-state index in [1.54, 1.807) is 30.6 Å². The van der Waals surface area contributed by atoms with E-state index in [-0.39, 0.29) is 17.9 Å². The van der Waals surface area contributed by atoms with E-state index in [2.05, 4.69) is 11.9 Å². The maximum atomic E-state index is 13.1. The predicted octanol–water partition coefficient (Wildman–Crippen LogP) is 4.94. The monoisotopic (exact) mass is 448 g/mol.